The molecule has 0 unspecified atom stereocenters. The molecule has 1 aromatic rings. The van der Waals surface area contributed by atoms with Gasteiger partial charge in [0.05, 0.1) is 13.2 Å². The second-order valence-corrected chi connectivity index (χ2v) is 5.27. The molecule has 82 valence electrons. The van der Waals surface area contributed by atoms with Crippen LogP contribution in [0.3, 0.4) is 0 Å². The summed E-state index contributed by atoms with van der Waals surface area (Å²) in [4.78, 5) is 1.30. The highest BCUT2D eigenvalue weighted by Crippen LogP contribution is 2.27. The second-order valence-electron chi connectivity index (χ2n) is 4.39. The largest absolute Gasteiger partial charge is 0.384 e. The predicted molar refractivity (Wildman–Crippen MR) is 65.6 cm³/mol. The van der Waals surface area contributed by atoms with Crippen LogP contribution in [-0.2, 0) is 4.74 Å². The lowest BCUT2D eigenvalue weighted by Crippen LogP contribution is -2.45. The molecule has 1 aliphatic heterocycles. The first-order valence-corrected chi connectivity index (χ1v) is 6.40. The van der Waals surface area contributed by atoms with Gasteiger partial charge in [0.15, 0.2) is 0 Å². The van der Waals surface area contributed by atoms with Crippen LogP contribution in [0, 0.1) is 5.41 Å². The fourth-order valence-electron chi connectivity index (χ4n) is 1.60. The lowest BCUT2D eigenvalue weighted by atomic mass is 9.89. The number of hydrogen-bond acceptors (Lipinski definition) is 3. The third kappa shape index (κ3) is 2.67. The maximum atomic E-state index is 5.23. The second kappa shape index (κ2) is 4.45. The van der Waals surface area contributed by atoms with Crippen molar-refractivity contribution in [2.24, 2.45) is 5.41 Å². The van der Waals surface area contributed by atoms with E-state index in [4.69, 9.17) is 4.74 Å². The topological polar surface area (TPSA) is 21.3 Å². The van der Waals surface area contributed by atoms with Crippen molar-refractivity contribution in [2.45, 2.75) is 11.8 Å². The molecule has 1 fully saturated rings. The lowest BCUT2D eigenvalue weighted by Gasteiger charge is -2.38. The summed E-state index contributed by atoms with van der Waals surface area (Å²) in [5.41, 5.74) is 1.53. The van der Waals surface area contributed by atoms with E-state index >= 15 is 0 Å². The Bertz CT molecular complexity index is 336. The van der Waals surface area contributed by atoms with Gasteiger partial charge in [0, 0.05) is 22.5 Å². The summed E-state index contributed by atoms with van der Waals surface area (Å²) in [6.45, 7) is 5.00. The Morgan fingerprint density at radius 3 is 2.87 bits per heavy atom. The number of anilines is 1. The molecule has 1 aromatic carbocycles. The lowest BCUT2D eigenvalue weighted by molar-refractivity contribution is -0.0924. The summed E-state index contributed by atoms with van der Waals surface area (Å²) in [6.07, 6.45) is 2.10. The molecule has 0 saturated carbocycles. The van der Waals surface area contributed by atoms with Crippen molar-refractivity contribution >= 4 is 17.4 Å². The molecule has 1 saturated heterocycles. The summed E-state index contributed by atoms with van der Waals surface area (Å²) in [6, 6.07) is 8.52. The standard InChI is InChI=1S/C12H17NOS/c1-12(8-14-9-12)7-13-10-4-3-5-11(6-10)15-2/h3-6,13H,7-9H2,1-2H3. The molecule has 0 amide bonds. The molecule has 0 aromatic heterocycles. The summed E-state index contributed by atoms with van der Waals surface area (Å²) in [5.74, 6) is 0. The third-order valence-corrected chi connectivity index (χ3v) is 3.42. The Labute approximate surface area is 95.4 Å². The van der Waals surface area contributed by atoms with E-state index in [1.807, 2.05) is 0 Å². The Kier molecular flexibility index (Phi) is 3.22. The molecule has 0 aliphatic carbocycles. The first-order chi connectivity index (χ1) is 7.22. The van der Waals surface area contributed by atoms with E-state index in [0.29, 0.717) is 5.41 Å². The maximum Gasteiger partial charge on any atom is 0.0559 e. The van der Waals surface area contributed by atoms with Gasteiger partial charge in [-0.2, -0.15) is 0 Å². The minimum Gasteiger partial charge on any atom is -0.384 e. The Morgan fingerprint density at radius 1 is 1.47 bits per heavy atom. The van der Waals surface area contributed by atoms with E-state index in [1.165, 1.54) is 10.6 Å². The van der Waals surface area contributed by atoms with Crippen LogP contribution in [0.25, 0.3) is 0 Å². The highest BCUT2D eigenvalue weighted by atomic mass is 32.2. The van der Waals surface area contributed by atoms with Crippen LogP contribution in [-0.4, -0.2) is 26.0 Å². The molecule has 1 heterocycles. The predicted octanol–water partition coefficient (Wildman–Crippen LogP) is 2.86. The van der Waals surface area contributed by atoms with E-state index in [0.717, 1.165) is 19.8 Å². The van der Waals surface area contributed by atoms with Gasteiger partial charge in [0.25, 0.3) is 0 Å². The van der Waals surface area contributed by atoms with Crippen molar-refractivity contribution in [1.82, 2.24) is 0 Å². The Hall–Kier alpha value is -0.670. The van der Waals surface area contributed by atoms with E-state index in [1.54, 1.807) is 11.8 Å². The SMILES string of the molecule is CSc1cccc(NCC2(C)COC2)c1. The smallest absolute Gasteiger partial charge is 0.0559 e. The molecule has 0 bridgehead atoms. The fourth-order valence-corrected chi connectivity index (χ4v) is 2.06. The number of rotatable bonds is 4. The summed E-state index contributed by atoms with van der Waals surface area (Å²) in [5, 5.41) is 3.47. The molecule has 0 radical (unpaired) electrons. The zero-order valence-electron chi connectivity index (χ0n) is 9.25. The number of hydrogen-bond donors (Lipinski definition) is 1. The average molecular weight is 223 g/mol. The van der Waals surface area contributed by atoms with Crippen LogP contribution in [0.5, 0.6) is 0 Å². The van der Waals surface area contributed by atoms with Gasteiger partial charge in [-0.1, -0.05) is 13.0 Å². The first kappa shape index (κ1) is 10.8. The van der Waals surface area contributed by atoms with Crippen molar-refractivity contribution < 1.29 is 4.74 Å². The van der Waals surface area contributed by atoms with Gasteiger partial charge in [-0.05, 0) is 24.5 Å². The van der Waals surface area contributed by atoms with Gasteiger partial charge in [0.1, 0.15) is 0 Å². The van der Waals surface area contributed by atoms with Crippen LogP contribution >= 0.6 is 11.8 Å². The van der Waals surface area contributed by atoms with Crippen molar-refractivity contribution in [3.05, 3.63) is 24.3 Å². The van der Waals surface area contributed by atoms with E-state index in [2.05, 4.69) is 42.8 Å². The number of benzene rings is 1. The normalized spacial score (nSPS) is 18.3. The summed E-state index contributed by atoms with van der Waals surface area (Å²) < 4.78 is 5.23. The van der Waals surface area contributed by atoms with Gasteiger partial charge in [-0.25, -0.2) is 0 Å². The monoisotopic (exact) mass is 223 g/mol. The molecular formula is C12H17NOS. The van der Waals surface area contributed by atoms with E-state index in [9.17, 15) is 0 Å². The molecule has 0 atom stereocenters. The molecule has 2 rings (SSSR count). The number of thioether (sulfide) groups is 1. The highest BCUT2D eigenvalue weighted by molar-refractivity contribution is 7.98. The van der Waals surface area contributed by atoms with Crippen molar-refractivity contribution in [3.8, 4) is 0 Å². The van der Waals surface area contributed by atoms with Gasteiger partial charge < -0.3 is 10.1 Å². The maximum absolute atomic E-state index is 5.23. The van der Waals surface area contributed by atoms with Crippen LogP contribution in [0.1, 0.15) is 6.92 Å². The minimum absolute atomic E-state index is 0.329. The van der Waals surface area contributed by atoms with Gasteiger partial charge >= 0.3 is 0 Å². The van der Waals surface area contributed by atoms with Gasteiger partial charge in [0.2, 0.25) is 0 Å². The first-order valence-electron chi connectivity index (χ1n) is 5.18. The molecular weight excluding hydrogens is 206 g/mol. The van der Waals surface area contributed by atoms with Gasteiger partial charge in [-0.15, -0.1) is 11.8 Å². The zero-order valence-corrected chi connectivity index (χ0v) is 10.1. The van der Waals surface area contributed by atoms with Crippen molar-refractivity contribution in [2.75, 3.05) is 31.3 Å². The van der Waals surface area contributed by atoms with Crippen LogP contribution < -0.4 is 5.32 Å². The van der Waals surface area contributed by atoms with E-state index < -0.39 is 0 Å². The van der Waals surface area contributed by atoms with Crippen LogP contribution in [0.15, 0.2) is 29.2 Å². The third-order valence-electron chi connectivity index (χ3n) is 2.69. The molecule has 1 aliphatic rings. The van der Waals surface area contributed by atoms with Crippen molar-refractivity contribution in [1.29, 1.82) is 0 Å². The molecule has 2 nitrogen and oxygen atoms in total. The molecule has 3 heteroatoms. The van der Waals surface area contributed by atoms with E-state index in [-0.39, 0.29) is 0 Å². The quantitative estimate of drug-likeness (QED) is 0.793. The molecule has 1 N–H and O–H groups in total. The van der Waals surface area contributed by atoms with Gasteiger partial charge in [-0.3, -0.25) is 0 Å². The summed E-state index contributed by atoms with van der Waals surface area (Å²) in [7, 11) is 0. The Morgan fingerprint density at radius 2 is 2.27 bits per heavy atom. The highest BCUT2D eigenvalue weighted by Gasteiger charge is 2.32. The minimum atomic E-state index is 0.329. The van der Waals surface area contributed by atoms with Crippen molar-refractivity contribution in [3.63, 3.8) is 0 Å². The number of nitrogens with one attached hydrogen (secondary N) is 1. The molecule has 0 spiro atoms. The number of ether oxygens (including phenoxy) is 1. The Balaban J connectivity index is 1.92. The zero-order chi connectivity index (χ0) is 10.7. The fraction of sp³-hybridized carbons (Fsp3) is 0.500. The summed E-state index contributed by atoms with van der Waals surface area (Å²) >= 11 is 1.77. The molecule has 15 heavy (non-hydrogen) atoms. The van der Waals surface area contributed by atoms with Crippen LogP contribution in [0.2, 0.25) is 0 Å². The van der Waals surface area contributed by atoms with Crippen LogP contribution in [0.4, 0.5) is 5.69 Å². The average Bonchev–Trinajstić information content (AvgIpc) is 2.24.